The van der Waals surface area contributed by atoms with Crippen LogP contribution in [0, 0.1) is 0 Å². The summed E-state index contributed by atoms with van der Waals surface area (Å²) in [7, 11) is 1.60. The fourth-order valence-corrected chi connectivity index (χ4v) is 1.94. The standard InChI is InChI=1S/C15H14N4O2/c1-20-11-6-10(9-16)7-12(8-11)21-14-3-2-13-15(19-14)18-5-4-17-13/h2-8H,9,16H2,1H3. The number of aromatic nitrogens is 3. The third-order valence-electron chi connectivity index (χ3n) is 2.94. The number of pyridine rings is 1. The molecule has 0 aliphatic heterocycles. The summed E-state index contributed by atoms with van der Waals surface area (Å²) in [6.45, 7) is 0.407. The summed E-state index contributed by atoms with van der Waals surface area (Å²) in [6.07, 6.45) is 3.22. The Labute approximate surface area is 121 Å². The van der Waals surface area contributed by atoms with Gasteiger partial charge in [0.15, 0.2) is 5.65 Å². The number of hydrogen-bond donors (Lipinski definition) is 1. The van der Waals surface area contributed by atoms with E-state index in [1.807, 2.05) is 18.2 Å². The van der Waals surface area contributed by atoms with Gasteiger partial charge in [0.2, 0.25) is 5.88 Å². The van der Waals surface area contributed by atoms with E-state index in [0.29, 0.717) is 29.6 Å². The van der Waals surface area contributed by atoms with Crippen LogP contribution in [0.25, 0.3) is 11.2 Å². The predicted octanol–water partition coefficient (Wildman–Crippen LogP) is 2.28. The zero-order valence-electron chi connectivity index (χ0n) is 11.5. The molecule has 0 saturated heterocycles. The Morgan fingerprint density at radius 2 is 1.86 bits per heavy atom. The zero-order valence-corrected chi connectivity index (χ0v) is 11.5. The van der Waals surface area contributed by atoms with Gasteiger partial charge in [-0.3, -0.25) is 4.98 Å². The Bertz CT molecular complexity index is 754. The molecule has 106 valence electrons. The molecule has 21 heavy (non-hydrogen) atoms. The second-order valence-corrected chi connectivity index (χ2v) is 4.37. The number of nitrogens with two attached hydrogens (primary N) is 1. The van der Waals surface area contributed by atoms with Crippen molar-refractivity contribution in [2.45, 2.75) is 6.54 Å². The van der Waals surface area contributed by atoms with Gasteiger partial charge in [-0.1, -0.05) is 0 Å². The van der Waals surface area contributed by atoms with Crippen molar-refractivity contribution in [2.24, 2.45) is 5.73 Å². The first kappa shape index (κ1) is 13.3. The van der Waals surface area contributed by atoms with Crippen LogP contribution in [0.1, 0.15) is 5.56 Å². The van der Waals surface area contributed by atoms with Crippen LogP contribution in [0.15, 0.2) is 42.7 Å². The van der Waals surface area contributed by atoms with Gasteiger partial charge in [-0.05, 0) is 23.8 Å². The lowest BCUT2D eigenvalue weighted by Crippen LogP contribution is -1.98. The lowest BCUT2D eigenvalue weighted by Gasteiger charge is -2.09. The quantitative estimate of drug-likeness (QED) is 0.790. The number of rotatable bonds is 4. The highest BCUT2D eigenvalue weighted by Gasteiger charge is 2.05. The van der Waals surface area contributed by atoms with E-state index < -0.39 is 0 Å². The van der Waals surface area contributed by atoms with Crippen LogP contribution >= 0.6 is 0 Å². The smallest absolute Gasteiger partial charge is 0.221 e. The minimum atomic E-state index is 0.407. The number of hydrogen-bond acceptors (Lipinski definition) is 6. The molecule has 2 heterocycles. The lowest BCUT2D eigenvalue weighted by molar-refractivity contribution is 0.406. The summed E-state index contributed by atoms with van der Waals surface area (Å²) in [5, 5.41) is 0. The number of ether oxygens (including phenoxy) is 2. The van der Waals surface area contributed by atoms with Crippen LogP contribution in [-0.2, 0) is 6.54 Å². The molecule has 0 amide bonds. The van der Waals surface area contributed by atoms with Crippen molar-refractivity contribution in [3.63, 3.8) is 0 Å². The first-order valence-electron chi connectivity index (χ1n) is 6.42. The van der Waals surface area contributed by atoms with Crippen LogP contribution in [-0.4, -0.2) is 22.1 Å². The van der Waals surface area contributed by atoms with Gasteiger partial charge in [-0.2, -0.15) is 4.98 Å². The molecule has 0 fully saturated rings. The van der Waals surface area contributed by atoms with E-state index in [2.05, 4.69) is 15.0 Å². The lowest BCUT2D eigenvalue weighted by atomic mass is 10.2. The molecule has 0 aliphatic rings. The molecule has 0 saturated carbocycles. The Balaban J connectivity index is 1.94. The molecule has 0 radical (unpaired) electrons. The normalized spacial score (nSPS) is 10.6. The van der Waals surface area contributed by atoms with Gasteiger partial charge in [0, 0.05) is 31.1 Å². The van der Waals surface area contributed by atoms with Crippen molar-refractivity contribution in [3.05, 3.63) is 48.3 Å². The maximum Gasteiger partial charge on any atom is 0.221 e. The number of nitrogens with zero attached hydrogens (tertiary/aromatic N) is 3. The van der Waals surface area contributed by atoms with Gasteiger partial charge in [0.25, 0.3) is 0 Å². The predicted molar refractivity (Wildman–Crippen MR) is 78.3 cm³/mol. The van der Waals surface area contributed by atoms with E-state index >= 15 is 0 Å². The highest BCUT2D eigenvalue weighted by Crippen LogP contribution is 2.26. The zero-order chi connectivity index (χ0) is 14.7. The van der Waals surface area contributed by atoms with Crippen molar-refractivity contribution >= 4 is 11.2 Å². The molecule has 6 heteroatoms. The Kier molecular flexibility index (Phi) is 3.61. The summed E-state index contributed by atoms with van der Waals surface area (Å²) in [4.78, 5) is 12.6. The van der Waals surface area contributed by atoms with Crippen molar-refractivity contribution in [3.8, 4) is 17.4 Å². The van der Waals surface area contributed by atoms with Crippen molar-refractivity contribution in [2.75, 3.05) is 7.11 Å². The van der Waals surface area contributed by atoms with E-state index in [-0.39, 0.29) is 0 Å². The molecule has 0 unspecified atom stereocenters. The van der Waals surface area contributed by atoms with Gasteiger partial charge in [0.05, 0.1) is 7.11 Å². The van der Waals surface area contributed by atoms with Crippen molar-refractivity contribution < 1.29 is 9.47 Å². The van der Waals surface area contributed by atoms with Crippen LogP contribution in [0.4, 0.5) is 0 Å². The largest absolute Gasteiger partial charge is 0.497 e. The number of fused-ring (bicyclic) bond motifs is 1. The van der Waals surface area contributed by atoms with Crippen LogP contribution in [0.2, 0.25) is 0 Å². The molecule has 6 nitrogen and oxygen atoms in total. The van der Waals surface area contributed by atoms with Crippen LogP contribution < -0.4 is 15.2 Å². The molecule has 2 N–H and O–H groups in total. The van der Waals surface area contributed by atoms with E-state index in [1.165, 1.54) is 0 Å². The highest BCUT2D eigenvalue weighted by atomic mass is 16.5. The monoisotopic (exact) mass is 282 g/mol. The molecule has 0 aliphatic carbocycles. The van der Waals surface area contributed by atoms with Gasteiger partial charge >= 0.3 is 0 Å². The fraction of sp³-hybridized carbons (Fsp3) is 0.133. The van der Waals surface area contributed by atoms with Gasteiger partial charge < -0.3 is 15.2 Å². The van der Waals surface area contributed by atoms with Crippen molar-refractivity contribution in [1.82, 2.24) is 15.0 Å². The molecular weight excluding hydrogens is 268 g/mol. The summed E-state index contributed by atoms with van der Waals surface area (Å²) >= 11 is 0. The Hall–Kier alpha value is -2.73. The SMILES string of the molecule is COc1cc(CN)cc(Oc2ccc3nccnc3n2)c1. The fourth-order valence-electron chi connectivity index (χ4n) is 1.94. The first-order valence-corrected chi connectivity index (χ1v) is 6.42. The first-order chi connectivity index (χ1) is 10.3. The maximum absolute atomic E-state index is 5.76. The van der Waals surface area contributed by atoms with E-state index in [9.17, 15) is 0 Å². The second-order valence-electron chi connectivity index (χ2n) is 4.37. The second kappa shape index (κ2) is 5.72. The van der Waals surface area contributed by atoms with Crippen LogP contribution in [0.3, 0.4) is 0 Å². The summed E-state index contributed by atoms with van der Waals surface area (Å²) < 4.78 is 11.0. The molecule has 0 bridgehead atoms. The van der Waals surface area contributed by atoms with Gasteiger partial charge in [-0.25, -0.2) is 4.98 Å². The van der Waals surface area contributed by atoms with Gasteiger partial charge in [-0.15, -0.1) is 0 Å². The molecule has 1 aromatic carbocycles. The van der Waals surface area contributed by atoms with Crippen molar-refractivity contribution in [1.29, 1.82) is 0 Å². The average molecular weight is 282 g/mol. The Morgan fingerprint density at radius 1 is 1.05 bits per heavy atom. The van der Waals surface area contributed by atoms with E-state index in [1.54, 1.807) is 31.6 Å². The number of methoxy groups -OCH3 is 1. The molecular formula is C15H14N4O2. The Morgan fingerprint density at radius 3 is 2.67 bits per heavy atom. The summed E-state index contributed by atoms with van der Waals surface area (Å²) in [5.74, 6) is 1.75. The summed E-state index contributed by atoms with van der Waals surface area (Å²) in [5.41, 5.74) is 7.85. The van der Waals surface area contributed by atoms with Gasteiger partial charge in [0.1, 0.15) is 17.0 Å². The van der Waals surface area contributed by atoms with E-state index in [0.717, 1.165) is 11.1 Å². The minimum Gasteiger partial charge on any atom is -0.497 e. The number of benzene rings is 1. The third-order valence-corrected chi connectivity index (χ3v) is 2.94. The minimum absolute atomic E-state index is 0.407. The maximum atomic E-state index is 5.76. The van der Waals surface area contributed by atoms with Crippen LogP contribution in [0.5, 0.6) is 17.4 Å². The molecule has 3 aromatic rings. The molecule has 0 spiro atoms. The molecule has 3 rings (SSSR count). The average Bonchev–Trinajstić information content (AvgIpc) is 2.54. The van der Waals surface area contributed by atoms with E-state index in [4.69, 9.17) is 15.2 Å². The highest BCUT2D eigenvalue weighted by molar-refractivity contribution is 5.69. The molecule has 2 aromatic heterocycles. The third kappa shape index (κ3) is 2.90. The molecule has 0 atom stereocenters. The summed E-state index contributed by atoms with van der Waals surface area (Å²) in [6, 6.07) is 9.06. The topological polar surface area (TPSA) is 83.2 Å².